The number of hydrogen-bond donors (Lipinski definition) is 2. The Morgan fingerprint density at radius 2 is 1.84 bits per heavy atom. The molecule has 1 amide bonds. The summed E-state index contributed by atoms with van der Waals surface area (Å²) in [5.74, 6) is 0.712. The molecule has 0 aromatic carbocycles. The van der Waals surface area contributed by atoms with Crippen LogP contribution in [0.5, 0.6) is 0 Å². The van der Waals surface area contributed by atoms with Crippen molar-refractivity contribution in [3.8, 4) is 0 Å². The van der Waals surface area contributed by atoms with E-state index in [-0.39, 0.29) is 11.3 Å². The number of nitrogens with one attached hydrogen (secondary N) is 1. The van der Waals surface area contributed by atoms with Gasteiger partial charge in [-0.2, -0.15) is 0 Å². The first-order valence-corrected chi connectivity index (χ1v) is 7.80. The summed E-state index contributed by atoms with van der Waals surface area (Å²) in [6.07, 6.45) is 6.00. The molecule has 0 rings (SSSR count). The van der Waals surface area contributed by atoms with Crippen molar-refractivity contribution in [3.05, 3.63) is 0 Å². The Bertz CT molecular complexity index is 246. The van der Waals surface area contributed by atoms with Crippen LogP contribution in [-0.4, -0.2) is 18.5 Å². The van der Waals surface area contributed by atoms with Crippen LogP contribution in [0.1, 0.15) is 73.1 Å². The molecule has 0 fully saturated rings. The van der Waals surface area contributed by atoms with E-state index in [2.05, 4.69) is 39.9 Å². The molecule has 0 aliphatic rings. The Labute approximate surface area is 119 Å². The Hall–Kier alpha value is -0.570. The molecule has 0 aliphatic heterocycles. The molecule has 0 heterocycles. The first kappa shape index (κ1) is 18.4. The molecule has 2 atom stereocenters. The SMILES string of the molecule is CCCCC(C)NC(=O)CCC(CCN)C(C)(C)C. The van der Waals surface area contributed by atoms with Crippen LogP contribution in [0.3, 0.4) is 0 Å². The number of rotatable bonds is 9. The van der Waals surface area contributed by atoms with Crippen LogP contribution < -0.4 is 11.1 Å². The van der Waals surface area contributed by atoms with Crippen LogP contribution in [0, 0.1) is 11.3 Å². The molecule has 0 aromatic heterocycles. The molecule has 0 aliphatic carbocycles. The van der Waals surface area contributed by atoms with E-state index in [0.717, 1.165) is 19.3 Å². The lowest BCUT2D eigenvalue weighted by Crippen LogP contribution is -2.33. The number of carbonyl (C=O) groups is 1. The maximum absolute atomic E-state index is 11.9. The van der Waals surface area contributed by atoms with Gasteiger partial charge in [-0.3, -0.25) is 4.79 Å². The van der Waals surface area contributed by atoms with Crippen molar-refractivity contribution >= 4 is 5.91 Å². The number of amides is 1. The zero-order valence-electron chi connectivity index (χ0n) is 13.6. The Morgan fingerprint density at radius 1 is 1.21 bits per heavy atom. The number of unbranched alkanes of at least 4 members (excludes halogenated alkanes) is 1. The molecule has 0 radical (unpaired) electrons. The van der Waals surface area contributed by atoms with Gasteiger partial charge >= 0.3 is 0 Å². The van der Waals surface area contributed by atoms with Crippen LogP contribution in [0.25, 0.3) is 0 Å². The van der Waals surface area contributed by atoms with E-state index < -0.39 is 0 Å². The summed E-state index contributed by atoms with van der Waals surface area (Å²) in [6, 6.07) is 0.301. The molecule has 3 heteroatoms. The second-order valence-electron chi connectivity index (χ2n) is 6.79. The largest absolute Gasteiger partial charge is 0.354 e. The van der Waals surface area contributed by atoms with E-state index >= 15 is 0 Å². The lowest BCUT2D eigenvalue weighted by molar-refractivity contribution is -0.122. The van der Waals surface area contributed by atoms with Crippen molar-refractivity contribution in [2.75, 3.05) is 6.54 Å². The first-order valence-electron chi connectivity index (χ1n) is 7.80. The van der Waals surface area contributed by atoms with E-state index in [9.17, 15) is 4.79 Å². The summed E-state index contributed by atoms with van der Waals surface area (Å²) < 4.78 is 0. The molecule has 0 saturated carbocycles. The summed E-state index contributed by atoms with van der Waals surface area (Å²) >= 11 is 0. The molecule has 19 heavy (non-hydrogen) atoms. The number of carbonyl (C=O) groups excluding carboxylic acids is 1. The maximum atomic E-state index is 11.9. The number of hydrogen-bond acceptors (Lipinski definition) is 2. The highest BCUT2D eigenvalue weighted by Gasteiger charge is 2.24. The van der Waals surface area contributed by atoms with E-state index in [1.54, 1.807) is 0 Å². The minimum absolute atomic E-state index is 0.190. The Kier molecular flexibility index (Phi) is 9.07. The molecule has 0 aromatic rings. The van der Waals surface area contributed by atoms with Gasteiger partial charge in [0.15, 0.2) is 0 Å². The van der Waals surface area contributed by atoms with Gasteiger partial charge in [0, 0.05) is 12.5 Å². The molecule has 0 saturated heterocycles. The second-order valence-corrected chi connectivity index (χ2v) is 6.79. The van der Waals surface area contributed by atoms with Crippen molar-refractivity contribution < 1.29 is 4.79 Å². The summed E-state index contributed by atoms with van der Waals surface area (Å²) in [5.41, 5.74) is 5.90. The molecule has 0 spiro atoms. The van der Waals surface area contributed by atoms with Gasteiger partial charge in [-0.1, -0.05) is 40.5 Å². The van der Waals surface area contributed by atoms with Gasteiger partial charge in [-0.15, -0.1) is 0 Å². The van der Waals surface area contributed by atoms with Gasteiger partial charge in [-0.25, -0.2) is 0 Å². The minimum atomic E-state index is 0.190. The third-order valence-electron chi connectivity index (χ3n) is 3.86. The summed E-state index contributed by atoms with van der Waals surface area (Å²) in [4.78, 5) is 11.9. The quantitative estimate of drug-likeness (QED) is 0.674. The lowest BCUT2D eigenvalue weighted by Gasteiger charge is -2.30. The zero-order valence-corrected chi connectivity index (χ0v) is 13.6. The second kappa shape index (κ2) is 9.35. The van der Waals surface area contributed by atoms with E-state index in [1.165, 1.54) is 12.8 Å². The molecule has 114 valence electrons. The highest BCUT2D eigenvalue weighted by atomic mass is 16.1. The van der Waals surface area contributed by atoms with Crippen molar-refractivity contribution in [1.29, 1.82) is 0 Å². The Balaban J connectivity index is 4.04. The Morgan fingerprint density at radius 3 is 2.32 bits per heavy atom. The normalized spacial score (nSPS) is 15.1. The lowest BCUT2D eigenvalue weighted by atomic mass is 9.76. The van der Waals surface area contributed by atoms with Crippen LogP contribution >= 0.6 is 0 Å². The molecular weight excluding hydrogens is 236 g/mol. The van der Waals surface area contributed by atoms with E-state index in [0.29, 0.717) is 24.9 Å². The fourth-order valence-corrected chi connectivity index (χ4v) is 2.45. The predicted molar refractivity (Wildman–Crippen MR) is 83.0 cm³/mol. The molecule has 0 bridgehead atoms. The summed E-state index contributed by atoms with van der Waals surface area (Å²) in [6.45, 7) is 11.7. The zero-order chi connectivity index (χ0) is 14.9. The predicted octanol–water partition coefficient (Wildman–Crippen LogP) is 3.47. The van der Waals surface area contributed by atoms with Crippen molar-refractivity contribution in [1.82, 2.24) is 5.32 Å². The molecular formula is C16H34N2O. The van der Waals surface area contributed by atoms with Crippen molar-refractivity contribution in [3.63, 3.8) is 0 Å². The van der Waals surface area contributed by atoms with E-state index in [4.69, 9.17) is 5.73 Å². The van der Waals surface area contributed by atoms with Crippen molar-refractivity contribution in [2.24, 2.45) is 17.1 Å². The van der Waals surface area contributed by atoms with Crippen LogP contribution in [0.4, 0.5) is 0 Å². The van der Waals surface area contributed by atoms with Crippen LogP contribution in [0.2, 0.25) is 0 Å². The third-order valence-corrected chi connectivity index (χ3v) is 3.86. The molecule has 2 unspecified atom stereocenters. The minimum Gasteiger partial charge on any atom is -0.354 e. The number of nitrogens with two attached hydrogens (primary N) is 1. The standard InChI is InChI=1S/C16H34N2O/c1-6-7-8-13(2)18-15(19)10-9-14(11-12-17)16(3,4)5/h13-14H,6-12,17H2,1-5H3,(H,18,19). The fraction of sp³-hybridized carbons (Fsp3) is 0.938. The third kappa shape index (κ3) is 9.04. The average molecular weight is 270 g/mol. The summed E-state index contributed by atoms with van der Waals surface area (Å²) in [7, 11) is 0. The van der Waals surface area contributed by atoms with E-state index in [1.807, 2.05) is 0 Å². The van der Waals surface area contributed by atoms with Gasteiger partial charge in [-0.05, 0) is 44.1 Å². The fourth-order valence-electron chi connectivity index (χ4n) is 2.45. The molecule has 3 nitrogen and oxygen atoms in total. The van der Waals surface area contributed by atoms with Gasteiger partial charge < -0.3 is 11.1 Å². The highest BCUT2D eigenvalue weighted by molar-refractivity contribution is 5.76. The van der Waals surface area contributed by atoms with Crippen molar-refractivity contribution in [2.45, 2.75) is 79.2 Å². The van der Waals surface area contributed by atoms with Gasteiger partial charge in [0.25, 0.3) is 0 Å². The molecule has 3 N–H and O–H groups in total. The smallest absolute Gasteiger partial charge is 0.220 e. The summed E-state index contributed by atoms with van der Waals surface area (Å²) in [5, 5.41) is 3.09. The van der Waals surface area contributed by atoms with Crippen LogP contribution in [-0.2, 0) is 4.79 Å². The average Bonchev–Trinajstić information content (AvgIpc) is 2.30. The van der Waals surface area contributed by atoms with Gasteiger partial charge in [0.2, 0.25) is 5.91 Å². The maximum Gasteiger partial charge on any atom is 0.220 e. The highest BCUT2D eigenvalue weighted by Crippen LogP contribution is 2.31. The monoisotopic (exact) mass is 270 g/mol. The first-order chi connectivity index (χ1) is 8.81. The van der Waals surface area contributed by atoms with Gasteiger partial charge in [0.05, 0.1) is 0 Å². The van der Waals surface area contributed by atoms with Crippen LogP contribution in [0.15, 0.2) is 0 Å². The topological polar surface area (TPSA) is 55.1 Å². The van der Waals surface area contributed by atoms with Gasteiger partial charge in [0.1, 0.15) is 0 Å².